The maximum absolute atomic E-state index is 14.0. The zero-order chi connectivity index (χ0) is 44.8. The maximum atomic E-state index is 14.0. The Bertz CT molecular complexity index is 2380. The predicted octanol–water partition coefficient (Wildman–Crippen LogP) is 7.28. The molecular weight excluding hydrogens is 797 g/mol. The zero-order valence-corrected chi connectivity index (χ0v) is 36.5. The molecule has 1 aliphatic carbocycles. The van der Waals surface area contributed by atoms with Crippen molar-refractivity contribution in [3.05, 3.63) is 109 Å². The number of rotatable bonds is 21. The molecule has 5 aromatic rings. The van der Waals surface area contributed by atoms with Crippen molar-refractivity contribution in [2.75, 3.05) is 19.8 Å². The lowest BCUT2D eigenvalue weighted by Crippen LogP contribution is -2.60. The third-order valence-corrected chi connectivity index (χ3v) is 11.4. The summed E-state index contributed by atoms with van der Waals surface area (Å²) in [5.41, 5.74) is 6.72. The molecule has 7 N–H and O–H groups in total. The van der Waals surface area contributed by atoms with Gasteiger partial charge in [-0.2, -0.15) is 0 Å². The minimum atomic E-state index is -1.24. The van der Waals surface area contributed by atoms with Gasteiger partial charge in [-0.3, -0.25) is 19.8 Å². The SMILES string of the molecule is CC[C@@H](NC(=O)COc1ccc2ccccc2c1-c1c(OCCC(C)C)ccc2ccccc12)C(=O)N[C@H](CCCNC(=N)N)C(=O)NC1(C(=O)OCc2ccccc2)CCCC1. The van der Waals surface area contributed by atoms with E-state index in [1.807, 2.05) is 91.0 Å². The van der Waals surface area contributed by atoms with Crippen LogP contribution in [0, 0.1) is 11.3 Å². The average Bonchev–Trinajstić information content (AvgIpc) is 3.77. The molecule has 0 aromatic heterocycles. The van der Waals surface area contributed by atoms with E-state index < -0.39 is 47.9 Å². The van der Waals surface area contributed by atoms with Crippen molar-refractivity contribution in [1.29, 1.82) is 5.41 Å². The lowest BCUT2D eigenvalue weighted by molar-refractivity contribution is -0.155. The van der Waals surface area contributed by atoms with E-state index in [9.17, 15) is 19.2 Å². The van der Waals surface area contributed by atoms with Crippen molar-refractivity contribution in [3.63, 3.8) is 0 Å². The van der Waals surface area contributed by atoms with Crippen LogP contribution in [0.4, 0.5) is 0 Å². The Kier molecular flexibility index (Phi) is 16.0. The maximum Gasteiger partial charge on any atom is 0.332 e. The summed E-state index contributed by atoms with van der Waals surface area (Å²) < 4.78 is 18.5. The summed E-state index contributed by atoms with van der Waals surface area (Å²) in [7, 11) is 0. The fourth-order valence-corrected chi connectivity index (χ4v) is 8.01. The van der Waals surface area contributed by atoms with Crippen LogP contribution in [0.1, 0.15) is 77.7 Å². The number of ether oxygens (including phenoxy) is 3. The zero-order valence-electron chi connectivity index (χ0n) is 36.5. The molecule has 5 aromatic carbocycles. The molecule has 0 heterocycles. The van der Waals surface area contributed by atoms with Gasteiger partial charge in [0.15, 0.2) is 12.6 Å². The monoisotopic (exact) mass is 856 g/mol. The standard InChI is InChI=1S/C50H60N6O7/c1-4-39(46(58)55-40(21-14-29-53-49(51)52)47(59)56-50(27-12-13-28-50)48(60)63-31-34-15-6-5-7-16-34)54-43(57)32-62-42-25-23-36-18-9-11-20-38(36)45(42)44-37-19-10-8-17-35(37)22-24-41(44)61-30-26-33(2)3/h5-11,15-20,22-25,33,39-40H,4,12-14,21,26-32H2,1-3H3,(H,54,57)(H,55,58)(H,56,59)(H4,51,52,53)/t39-,40-/m1/s1. The number of amides is 3. The fraction of sp³-hybridized carbons (Fsp3) is 0.380. The van der Waals surface area contributed by atoms with Crippen molar-refractivity contribution < 1.29 is 33.4 Å². The molecule has 0 aliphatic heterocycles. The molecule has 1 aliphatic rings. The highest BCUT2D eigenvalue weighted by molar-refractivity contribution is 6.10. The Morgan fingerprint density at radius 3 is 1.94 bits per heavy atom. The fourth-order valence-electron chi connectivity index (χ4n) is 8.01. The number of benzene rings is 5. The van der Waals surface area contributed by atoms with Gasteiger partial charge in [-0.15, -0.1) is 0 Å². The molecular formula is C50H60N6O7. The molecule has 0 bridgehead atoms. The average molecular weight is 857 g/mol. The molecule has 13 nitrogen and oxygen atoms in total. The summed E-state index contributed by atoms with van der Waals surface area (Å²) in [5, 5.41) is 22.8. The summed E-state index contributed by atoms with van der Waals surface area (Å²) in [4.78, 5) is 55.2. The highest BCUT2D eigenvalue weighted by Gasteiger charge is 2.45. The van der Waals surface area contributed by atoms with Gasteiger partial charge in [0.1, 0.15) is 35.7 Å². The van der Waals surface area contributed by atoms with Crippen LogP contribution in [0.5, 0.6) is 11.5 Å². The van der Waals surface area contributed by atoms with E-state index in [2.05, 4.69) is 47.2 Å². The van der Waals surface area contributed by atoms with E-state index in [4.69, 9.17) is 25.4 Å². The second-order valence-electron chi connectivity index (χ2n) is 16.6. The molecule has 1 saturated carbocycles. The lowest BCUT2D eigenvalue weighted by atomic mass is 9.92. The van der Waals surface area contributed by atoms with Crippen molar-refractivity contribution in [3.8, 4) is 22.6 Å². The predicted molar refractivity (Wildman–Crippen MR) is 246 cm³/mol. The van der Waals surface area contributed by atoms with Crippen LogP contribution in [0.2, 0.25) is 0 Å². The van der Waals surface area contributed by atoms with E-state index in [-0.39, 0.29) is 32.0 Å². The number of carbonyl (C=O) groups excluding carboxylic acids is 4. The lowest BCUT2D eigenvalue weighted by Gasteiger charge is -2.31. The number of carbonyl (C=O) groups is 4. The smallest absolute Gasteiger partial charge is 0.332 e. The first-order valence-electron chi connectivity index (χ1n) is 22.0. The van der Waals surface area contributed by atoms with Gasteiger partial charge in [0.05, 0.1) is 6.61 Å². The van der Waals surface area contributed by atoms with Gasteiger partial charge >= 0.3 is 5.97 Å². The number of guanidine groups is 1. The number of hydrogen-bond acceptors (Lipinski definition) is 8. The molecule has 332 valence electrons. The van der Waals surface area contributed by atoms with Gasteiger partial charge in [0.25, 0.3) is 5.91 Å². The van der Waals surface area contributed by atoms with E-state index in [1.54, 1.807) is 6.92 Å². The highest BCUT2D eigenvalue weighted by atomic mass is 16.5. The van der Waals surface area contributed by atoms with Crippen LogP contribution in [-0.2, 0) is 30.5 Å². The van der Waals surface area contributed by atoms with Gasteiger partial charge in [-0.05, 0) is 83.7 Å². The third kappa shape index (κ3) is 12.1. The Labute approximate surface area is 369 Å². The van der Waals surface area contributed by atoms with Gasteiger partial charge in [0.2, 0.25) is 11.8 Å². The molecule has 0 spiro atoms. The van der Waals surface area contributed by atoms with E-state index in [0.29, 0.717) is 43.3 Å². The molecule has 13 heteroatoms. The van der Waals surface area contributed by atoms with Crippen molar-refractivity contribution in [2.45, 2.75) is 96.4 Å². The van der Waals surface area contributed by atoms with Gasteiger partial charge < -0.3 is 41.2 Å². The summed E-state index contributed by atoms with van der Waals surface area (Å²) in [6.07, 6.45) is 3.89. The number of fused-ring (bicyclic) bond motifs is 2. The van der Waals surface area contributed by atoms with Gasteiger partial charge in [-0.1, -0.05) is 125 Å². The van der Waals surface area contributed by atoms with Gasteiger partial charge in [0, 0.05) is 17.7 Å². The summed E-state index contributed by atoms with van der Waals surface area (Å²) in [5.74, 6) is -0.732. The summed E-state index contributed by atoms with van der Waals surface area (Å²) in [6, 6.07) is 31.2. The number of hydrogen-bond donors (Lipinski definition) is 6. The minimum Gasteiger partial charge on any atom is -0.493 e. The second kappa shape index (κ2) is 21.9. The van der Waals surface area contributed by atoms with E-state index in [0.717, 1.165) is 57.5 Å². The Morgan fingerprint density at radius 1 is 0.730 bits per heavy atom. The van der Waals surface area contributed by atoms with Crippen LogP contribution in [0.25, 0.3) is 32.7 Å². The largest absolute Gasteiger partial charge is 0.493 e. The molecule has 0 saturated heterocycles. The summed E-state index contributed by atoms with van der Waals surface area (Å²) >= 11 is 0. The molecule has 0 unspecified atom stereocenters. The van der Waals surface area contributed by atoms with Crippen molar-refractivity contribution in [2.24, 2.45) is 11.7 Å². The van der Waals surface area contributed by atoms with Crippen LogP contribution in [0.15, 0.2) is 103 Å². The quantitative estimate of drug-likeness (QED) is 0.0190. The number of esters is 1. The highest BCUT2D eigenvalue weighted by Crippen LogP contribution is 2.45. The third-order valence-electron chi connectivity index (χ3n) is 11.4. The molecule has 6 rings (SSSR count). The van der Waals surface area contributed by atoms with Crippen molar-refractivity contribution in [1.82, 2.24) is 21.3 Å². The van der Waals surface area contributed by atoms with Gasteiger partial charge in [-0.25, -0.2) is 4.79 Å². The van der Waals surface area contributed by atoms with Crippen molar-refractivity contribution >= 4 is 51.2 Å². The Hall–Kier alpha value is -6.63. The number of nitrogens with one attached hydrogen (secondary N) is 5. The molecule has 63 heavy (non-hydrogen) atoms. The summed E-state index contributed by atoms with van der Waals surface area (Å²) in [6.45, 7) is 6.57. The molecule has 3 amide bonds. The molecule has 0 radical (unpaired) electrons. The molecule has 1 fully saturated rings. The van der Waals surface area contributed by atoms with Crippen LogP contribution in [0.3, 0.4) is 0 Å². The first kappa shape index (κ1) is 45.9. The second-order valence-corrected chi connectivity index (χ2v) is 16.6. The first-order chi connectivity index (χ1) is 30.5. The van der Waals surface area contributed by atoms with Crippen LogP contribution in [-0.4, -0.2) is 67.0 Å². The number of nitrogens with two attached hydrogens (primary N) is 1. The van der Waals surface area contributed by atoms with E-state index in [1.165, 1.54) is 0 Å². The normalized spacial score (nSPS) is 14.1. The Morgan fingerprint density at radius 2 is 1.33 bits per heavy atom. The topological polar surface area (TPSA) is 194 Å². The van der Waals surface area contributed by atoms with E-state index >= 15 is 0 Å². The first-order valence-corrected chi connectivity index (χ1v) is 22.0. The Balaban J connectivity index is 1.18. The minimum absolute atomic E-state index is 0.0645. The molecule has 2 atom stereocenters. The van der Waals surface area contributed by atoms with Crippen LogP contribution >= 0.6 is 0 Å². The van der Waals surface area contributed by atoms with Crippen LogP contribution < -0.4 is 36.5 Å².